The van der Waals surface area contributed by atoms with Crippen molar-refractivity contribution < 1.29 is 4.74 Å². The van der Waals surface area contributed by atoms with Crippen molar-refractivity contribution in [2.75, 3.05) is 19.6 Å². The van der Waals surface area contributed by atoms with Crippen molar-refractivity contribution in [3.63, 3.8) is 0 Å². The van der Waals surface area contributed by atoms with E-state index >= 15 is 0 Å². The van der Waals surface area contributed by atoms with Gasteiger partial charge in [0.1, 0.15) is 11.9 Å². The minimum absolute atomic E-state index is 0. The summed E-state index contributed by atoms with van der Waals surface area (Å²) in [6, 6.07) is 7.47. The summed E-state index contributed by atoms with van der Waals surface area (Å²) in [7, 11) is 0. The number of benzene rings is 1. The third-order valence-corrected chi connectivity index (χ3v) is 3.92. The highest BCUT2D eigenvalue weighted by Crippen LogP contribution is 2.24. The van der Waals surface area contributed by atoms with Crippen molar-refractivity contribution in [1.29, 1.82) is 0 Å². The van der Waals surface area contributed by atoms with Crippen LogP contribution >= 0.6 is 35.6 Å². The quantitative estimate of drug-likeness (QED) is 0.441. The van der Waals surface area contributed by atoms with Gasteiger partial charge < -0.3 is 15.4 Å². The van der Waals surface area contributed by atoms with E-state index in [-0.39, 0.29) is 30.1 Å². The molecule has 1 aliphatic rings. The number of aliphatic imine (C=N–C) groups is 1. The fourth-order valence-electron chi connectivity index (χ4n) is 2.42. The van der Waals surface area contributed by atoms with Gasteiger partial charge in [0.15, 0.2) is 5.96 Å². The normalized spacial score (nSPS) is 17.4. The van der Waals surface area contributed by atoms with Gasteiger partial charge in [0.05, 0.1) is 11.6 Å². The van der Waals surface area contributed by atoms with Crippen molar-refractivity contribution in [1.82, 2.24) is 4.90 Å². The van der Waals surface area contributed by atoms with Gasteiger partial charge in [0, 0.05) is 13.1 Å². The van der Waals surface area contributed by atoms with Crippen LogP contribution < -0.4 is 10.5 Å². The number of likely N-dealkylation sites (tertiary alicyclic amines) is 1. The first-order chi connectivity index (χ1) is 10.2. The summed E-state index contributed by atoms with van der Waals surface area (Å²) in [6.45, 7) is 4.53. The zero-order valence-corrected chi connectivity index (χ0v) is 16.1. The predicted molar refractivity (Wildman–Crippen MR) is 103 cm³/mol. The van der Waals surface area contributed by atoms with Gasteiger partial charge in [-0.25, -0.2) is 4.99 Å². The Kier molecular flexibility index (Phi) is 8.93. The van der Waals surface area contributed by atoms with Gasteiger partial charge in [-0.3, -0.25) is 0 Å². The molecule has 1 aromatic rings. The molecule has 0 saturated carbocycles. The molecule has 1 aliphatic heterocycles. The molecule has 0 aromatic heterocycles. The minimum Gasteiger partial charge on any atom is -0.487 e. The van der Waals surface area contributed by atoms with E-state index in [1.54, 1.807) is 0 Å². The first kappa shape index (κ1) is 19.4. The standard InChI is InChI=1S/C16H24ClN3O.HI/c1-13(21-15-9-5-4-8-14(15)17)12-19-16(18)20-10-6-2-3-7-11-20;/h4-5,8-9,13H,2-3,6-7,10-12H2,1H3,(H2,18,19);1H. The molecule has 1 heterocycles. The van der Waals surface area contributed by atoms with Gasteiger partial charge in [0.2, 0.25) is 0 Å². The lowest BCUT2D eigenvalue weighted by atomic mass is 10.2. The van der Waals surface area contributed by atoms with Crippen LogP contribution in [0.15, 0.2) is 29.3 Å². The van der Waals surface area contributed by atoms with E-state index in [1.807, 2.05) is 31.2 Å². The smallest absolute Gasteiger partial charge is 0.191 e. The minimum atomic E-state index is -0.0598. The number of nitrogens with zero attached hydrogens (tertiary/aromatic N) is 2. The van der Waals surface area contributed by atoms with Crippen LogP contribution in [0.3, 0.4) is 0 Å². The summed E-state index contributed by atoms with van der Waals surface area (Å²) < 4.78 is 5.79. The van der Waals surface area contributed by atoms with Crippen LogP contribution in [0.2, 0.25) is 5.02 Å². The molecule has 4 nitrogen and oxygen atoms in total. The summed E-state index contributed by atoms with van der Waals surface area (Å²) in [5, 5.41) is 0.619. The van der Waals surface area contributed by atoms with Crippen LogP contribution in [0.5, 0.6) is 5.75 Å². The topological polar surface area (TPSA) is 50.8 Å². The Morgan fingerprint density at radius 3 is 2.55 bits per heavy atom. The molecular weight excluding hydrogens is 413 g/mol. The molecule has 1 atom stereocenters. The molecule has 0 spiro atoms. The lowest BCUT2D eigenvalue weighted by Crippen LogP contribution is -2.38. The van der Waals surface area contributed by atoms with Crippen LogP contribution in [0.4, 0.5) is 0 Å². The van der Waals surface area contributed by atoms with Gasteiger partial charge in [-0.15, -0.1) is 24.0 Å². The van der Waals surface area contributed by atoms with Crippen molar-refractivity contribution in [3.8, 4) is 5.75 Å². The molecule has 1 fully saturated rings. The van der Waals surface area contributed by atoms with Crippen molar-refractivity contribution >= 4 is 41.5 Å². The van der Waals surface area contributed by atoms with E-state index in [0.29, 0.717) is 23.3 Å². The molecule has 1 unspecified atom stereocenters. The van der Waals surface area contributed by atoms with Crippen molar-refractivity contribution in [3.05, 3.63) is 29.3 Å². The number of nitrogens with two attached hydrogens (primary N) is 1. The molecule has 1 aromatic carbocycles. The van der Waals surface area contributed by atoms with Gasteiger partial charge >= 0.3 is 0 Å². The lowest BCUT2D eigenvalue weighted by molar-refractivity contribution is 0.230. The van der Waals surface area contributed by atoms with E-state index in [0.717, 1.165) is 13.1 Å². The molecule has 22 heavy (non-hydrogen) atoms. The number of para-hydroxylation sites is 1. The maximum absolute atomic E-state index is 6.08. The zero-order valence-electron chi connectivity index (χ0n) is 13.0. The maximum atomic E-state index is 6.08. The highest BCUT2D eigenvalue weighted by atomic mass is 127. The van der Waals surface area contributed by atoms with Gasteiger partial charge in [0.25, 0.3) is 0 Å². The predicted octanol–water partition coefficient (Wildman–Crippen LogP) is 3.92. The number of halogens is 2. The Morgan fingerprint density at radius 1 is 1.27 bits per heavy atom. The van der Waals surface area contributed by atoms with E-state index in [1.165, 1.54) is 25.7 Å². The average Bonchev–Trinajstić information content (AvgIpc) is 2.76. The Hall–Kier alpha value is -0.690. The molecule has 124 valence electrons. The highest BCUT2D eigenvalue weighted by molar-refractivity contribution is 14.0. The largest absolute Gasteiger partial charge is 0.487 e. The number of ether oxygens (including phenoxy) is 1. The summed E-state index contributed by atoms with van der Waals surface area (Å²) in [4.78, 5) is 6.64. The monoisotopic (exact) mass is 437 g/mol. The fraction of sp³-hybridized carbons (Fsp3) is 0.562. The maximum Gasteiger partial charge on any atom is 0.191 e. The van der Waals surface area contributed by atoms with Crippen molar-refractivity contribution in [2.45, 2.75) is 38.7 Å². The number of guanidine groups is 1. The summed E-state index contributed by atoms with van der Waals surface area (Å²) in [5.74, 6) is 1.32. The second kappa shape index (κ2) is 10.2. The Bertz CT molecular complexity index is 476. The van der Waals surface area contributed by atoms with Crippen LogP contribution in [-0.2, 0) is 0 Å². The second-order valence-corrected chi connectivity index (χ2v) is 5.87. The van der Waals surface area contributed by atoms with Gasteiger partial charge in [-0.05, 0) is 31.9 Å². The molecule has 2 N–H and O–H groups in total. The van der Waals surface area contributed by atoms with E-state index < -0.39 is 0 Å². The second-order valence-electron chi connectivity index (χ2n) is 5.46. The lowest BCUT2D eigenvalue weighted by Gasteiger charge is -2.22. The van der Waals surface area contributed by atoms with Crippen LogP contribution in [0, 0.1) is 0 Å². The molecule has 0 bridgehead atoms. The SMILES string of the molecule is CC(CN=C(N)N1CCCCCC1)Oc1ccccc1Cl.I. The number of hydrogen-bond acceptors (Lipinski definition) is 2. The van der Waals surface area contributed by atoms with E-state index in [4.69, 9.17) is 22.1 Å². The molecular formula is C16H25ClIN3O. The van der Waals surface area contributed by atoms with Crippen LogP contribution in [0.25, 0.3) is 0 Å². The van der Waals surface area contributed by atoms with E-state index in [9.17, 15) is 0 Å². The van der Waals surface area contributed by atoms with Crippen LogP contribution in [0.1, 0.15) is 32.6 Å². The average molecular weight is 438 g/mol. The van der Waals surface area contributed by atoms with Gasteiger partial charge in [-0.1, -0.05) is 36.6 Å². The fourth-order valence-corrected chi connectivity index (χ4v) is 2.60. The third kappa shape index (κ3) is 6.20. The number of hydrogen-bond donors (Lipinski definition) is 1. The Morgan fingerprint density at radius 2 is 1.91 bits per heavy atom. The summed E-state index contributed by atoms with van der Waals surface area (Å²) in [6.07, 6.45) is 4.91. The highest BCUT2D eigenvalue weighted by Gasteiger charge is 2.12. The Labute approximate surface area is 155 Å². The van der Waals surface area contributed by atoms with E-state index in [2.05, 4.69) is 9.89 Å². The molecule has 2 rings (SSSR count). The zero-order chi connectivity index (χ0) is 15.1. The van der Waals surface area contributed by atoms with Crippen LogP contribution in [-0.4, -0.2) is 36.6 Å². The molecule has 0 aliphatic carbocycles. The summed E-state index contributed by atoms with van der Waals surface area (Å²) in [5.41, 5.74) is 6.08. The van der Waals surface area contributed by atoms with Crippen molar-refractivity contribution in [2.24, 2.45) is 10.7 Å². The summed E-state index contributed by atoms with van der Waals surface area (Å²) >= 11 is 6.08. The first-order valence-electron chi connectivity index (χ1n) is 7.63. The molecule has 0 amide bonds. The first-order valence-corrected chi connectivity index (χ1v) is 8.00. The number of rotatable bonds is 4. The Balaban J connectivity index is 0.00000242. The third-order valence-electron chi connectivity index (χ3n) is 3.61. The molecule has 6 heteroatoms. The molecule has 1 saturated heterocycles. The van der Waals surface area contributed by atoms with Gasteiger partial charge in [-0.2, -0.15) is 0 Å². The molecule has 0 radical (unpaired) electrons.